The molecule has 202 valence electrons. The molecule has 1 heterocycles. The number of carbonyl (C=O) groups is 1. The van der Waals surface area contributed by atoms with Crippen molar-refractivity contribution >= 4 is 16.0 Å². The molecular formula is C30H41NO5S. The van der Waals surface area contributed by atoms with Crippen LogP contribution in [0.3, 0.4) is 0 Å². The molecule has 6 nitrogen and oxygen atoms in total. The fourth-order valence-electron chi connectivity index (χ4n) is 7.17. The number of sulfonamides is 1. The zero-order valence-corrected chi connectivity index (χ0v) is 23.7. The number of furan rings is 1. The van der Waals surface area contributed by atoms with Gasteiger partial charge in [0.2, 0.25) is 10.0 Å². The Hall–Kier alpha value is -2.38. The van der Waals surface area contributed by atoms with E-state index in [2.05, 4.69) is 20.4 Å². The van der Waals surface area contributed by atoms with Crippen molar-refractivity contribution in [3.05, 3.63) is 65.6 Å². The molecule has 0 spiro atoms. The van der Waals surface area contributed by atoms with Gasteiger partial charge in [-0.25, -0.2) is 8.42 Å². The topological polar surface area (TPSA) is 76.8 Å². The number of hydrogen-bond donors (Lipinski definition) is 0. The van der Waals surface area contributed by atoms with Crippen molar-refractivity contribution in [2.75, 3.05) is 14.2 Å². The molecule has 37 heavy (non-hydrogen) atoms. The molecule has 0 unspecified atom stereocenters. The monoisotopic (exact) mass is 527 g/mol. The van der Waals surface area contributed by atoms with Gasteiger partial charge in [0.05, 0.1) is 30.2 Å². The summed E-state index contributed by atoms with van der Waals surface area (Å²) in [6.07, 6.45) is 8.14. The number of ether oxygens (including phenoxy) is 1. The van der Waals surface area contributed by atoms with Gasteiger partial charge in [0, 0.05) is 7.05 Å². The predicted octanol–water partition coefficient (Wildman–Crippen LogP) is 6.29. The number of hydrogen-bond acceptors (Lipinski definition) is 5. The molecular weight excluding hydrogens is 486 g/mol. The summed E-state index contributed by atoms with van der Waals surface area (Å²) in [4.78, 5) is 13.1. The van der Waals surface area contributed by atoms with Crippen LogP contribution in [0.25, 0.3) is 0 Å². The lowest BCUT2D eigenvalue weighted by molar-refractivity contribution is -0.168. The SMILES string of the molecule is C=C1CC[C@@H]2[C@](C)(CCC[C@]2(C)C(=O)OC)[C@@H]1CCc1ccoc1CN(C)S(=O)(=O)c1ccc(C)cc1. The Kier molecular flexibility index (Phi) is 7.78. The van der Waals surface area contributed by atoms with Crippen molar-refractivity contribution in [1.82, 2.24) is 4.31 Å². The Morgan fingerprint density at radius 2 is 1.89 bits per heavy atom. The van der Waals surface area contributed by atoms with Crippen molar-refractivity contribution in [3.63, 3.8) is 0 Å². The first kappa shape index (κ1) is 27.6. The molecule has 0 radical (unpaired) electrons. The second-order valence-electron chi connectivity index (χ2n) is 11.6. The fraction of sp³-hybridized carbons (Fsp3) is 0.567. The van der Waals surface area contributed by atoms with E-state index in [-0.39, 0.29) is 34.7 Å². The van der Waals surface area contributed by atoms with E-state index in [1.165, 1.54) is 17.0 Å². The average molecular weight is 528 g/mol. The van der Waals surface area contributed by atoms with E-state index in [0.717, 1.165) is 56.1 Å². The van der Waals surface area contributed by atoms with Crippen LogP contribution in [0, 0.1) is 29.6 Å². The summed E-state index contributed by atoms with van der Waals surface area (Å²) in [7, 11) is -0.542. The summed E-state index contributed by atoms with van der Waals surface area (Å²) in [6.45, 7) is 11.0. The Labute approximate surface area is 222 Å². The number of allylic oxidation sites excluding steroid dienone is 1. The third-order valence-corrected chi connectivity index (χ3v) is 11.1. The van der Waals surface area contributed by atoms with Crippen LogP contribution in [0.15, 0.2) is 58.1 Å². The molecule has 4 rings (SSSR count). The number of rotatable bonds is 8. The van der Waals surface area contributed by atoms with Crippen LogP contribution in [0.5, 0.6) is 0 Å². The highest BCUT2D eigenvalue weighted by atomic mass is 32.2. The van der Waals surface area contributed by atoms with Gasteiger partial charge in [0.15, 0.2) is 0 Å². The minimum absolute atomic E-state index is 0.0218. The number of fused-ring (bicyclic) bond motifs is 1. The molecule has 0 saturated heterocycles. The summed E-state index contributed by atoms with van der Waals surface area (Å²) in [5.74, 6) is 1.12. The van der Waals surface area contributed by atoms with Gasteiger partial charge in [-0.2, -0.15) is 4.31 Å². The summed E-state index contributed by atoms with van der Waals surface area (Å²) in [5, 5.41) is 0. The van der Waals surface area contributed by atoms with Crippen LogP contribution in [-0.4, -0.2) is 32.8 Å². The summed E-state index contributed by atoms with van der Waals surface area (Å²) < 4.78 is 38.6. The first-order valence-corrected chi connectivity index (χ1v) is 14.7. The van der Waals surface area contributed by atoms with E-state index in [1.54, 1.807) is 37.6 Å². The molecule has 4 atom stereocenters. The van der Waals surface area contributed by atoms with Crippen LogP contribution < -0.4 is 0 Å². The minimum Gasteiger partial charge on any atom is -0.469 e. The van der Waals surface area contributed by atoms with Gasteiger partial charge in [-0.05, 0) is 93.4 Å². The maximum Gasteiger partial charge on any atom is 0.311 e. The molecule has 0 aliphatic heterocycles. The lowest BCUT2D eigenvalue weighted by Crippen LogP contribution is -2.53. The zero-order chi connectivity index (χ0) is 27.0. The molecule has 0 N–H and O–H groups in total. The molecule has 2 fully saturated rings. The lowest BCUT2D eigenvalue weighted by Gasteiger charge is -2.57. The molecule has 0 bridgehead atoms. The molecule has 2 aliphatic rings. The van der Waals surface area contributed by atoms with E-state index in [9.17, 15) is 13.2 Å². The van der Waals surface area contributed by atoms with Crippen LogP contribution in [0.4, 0.5) is 0 Å². The van der Waals surface area contributed by atoms with Crippen LogP contribution in [0.1, 0.15) is 69.3 Å². The van der Waals surface area contributed by atoms with Crippen molar-refractivity contribution in [2.24, 2.45) is 22.7 Å². The van der Waals surface area contributed by atoms with E-state index >= 15 is 0 Å². The van der Waals surface area contributed by atoms with E-state index in [0.29, 0.717) is 5.76 Å². The highest BCUT2D eigenvalue weighted by Gasteiger charge is 2.57. The lowest BCUT2D eigenvalue weighted by atomic mass is 9.46. The number of aryl methyl sites for hydroxylation is 2. The highest BCUT2D eigenvalue weighted by molar-refractivity contribution is 7.89. The van der Waals surface area contributed by atoms with Crippen molar-refractivity contribution < 1.29 is 22.4 Å². The van der Waals surface area contributed by atoms with Gasteiger partial charge < -0.3 is 9.15 Å². The van der Waals surface area contributed by atoms with Crippen LogP contribution in [-0.2, 0) is 32.5 Å². The van der Waals surface area contributed by atoms with Crippen molar-refractivity contribution in [2.45, 2.75) is 77.2 Å². The van der Waals surface area contributed by atoms with Gasteiger partial charge in [0.25, 0.3) is 0 Å². The predicted molar refractivity (Wildman–Crippen MR) is 144 cm³/mol. The van der Waals surface area contributed by atoms with Crippen LogP contribution in [0.2, 0.25) is 0 Å². The number of methoxy groups -OCH3 is 1. The number of carbonyl (C=O) groups excluding carboxylic acids is 1. The molecule has 2 aromatic rings. The third-order valence-electron chi connectivity index (χ3n) is 9.31. The quantitative estimate of drug-likeness (QED) is 0.298. The Balaban J connectivity index is 1.50. The molecule has 1 aromatic carbocycles. The maximum absolute atomic E-state index is 13.1. The Morgan fingerprint density at radius 3 is 2.57 bits per heavy atom. The van der Waals surface area contributed by atoms with Crippen LogP contribution >= 0.6 is 0 Å². The molecule has 7 heteroatoms. The number of benzene rings is 1. The largest absolute Gasteiger partial charge is 0.469 e. The summed E-state index contributed by atoms with van der Waals surface area (Å²) in [6, 6.07) is 8.85. The second kappa shape index (κ2) is 10.4. The molecule has 1 aromatic heterocycles. The van der Waals surface area contributed by atoms with Gasteiger partial charge >= 0.3 is 5.97 Å². The minimum atomic E-state index is -3.63. The van der Waals surface area contributed by atoms with Gasteiger partial charge in [-0.15, -0.1) is 0 Å². The standard InChI is InChI=1S/C30H41NO5S/c1-21-8-12-24(13-9-21)37(33,34)31(5)20-26-23(16-19-36-26)11-14-25-22(2)10-15-27-29(25,3)17-7-18-30(27,4)28(32)35-6/h8-9,12-13,16,19,25,27H,2,7,10-11,14-15,17-18,20H2,1,3-6H3/t25-,27-,29-,30+/m1/s1. The smallest absolute Gasteiger partial charge is 0.311 e. The molecule has 0 amide bonds. The molecule has 2 saturated carbocycles. The first-order valence-electron chi connectivity index (χ1n) is 13.3. The number of esters is 1. The fourth-order valence-corrected chi connectivity index (χ4v) is 8.29. The summed E-state index contributed by atoms with van der Waals surface area (Å²) in [5.41, 5.74) is 2.81. The third kappa shape index (κ3) is 5.05. The Morgan fingerprint density at radius 1 is 1.19 bits per heavy atom. The van der Waals surface area contributed by atoms with E-state index in [4.69, 9.17) is 9.15 Å². The first-order chi connectivity index (χ1) is 17.4. The maximum atomic E-state index is 13.1. The van der Waals surface area contributed by atoms with Crippen molar-refractivity contribution in [1.29, 1.82) is 0 Å². The van der Waals surface area contributed by atoms with Gasteiger partial charge in [-0.1, -0.05) is 43.2 Å². The zero-order valence-electron chi connectivity index (χ0n) is 22.9. The second-order valence-corrected chi connectivity index (χ2v) is 13.6. The van der Waals surface area contributed by atoms with E-state index < -0.39 is 15.4 Å². The Bertz CT molecular complexity index is 1250. The number of nitrogens with zero attached hydrogens (tertiary/aromatic N) is 1. The van der Waals surface area contributed by atoms with Crippen molar-refractivity contribution in [3.8, 4) is 0 Å². The van der Waals surface area contributed by atoms with Gasteiger partial charge in [-0.3, -0.25) is 4.79 Å². The normalized spacial score (nSPS) is 28.2. The average Bonchev–Trinajstić information content (AvgIpc) is 3.29. The summed E-state index contributed by atoms with van der Waals surface area (Å²) >= 11 is 0. The highest BCUT2D eigenvalue weighted by Crippen LogP contribution is 2.62. The van der Waals surface area contributed by atoms with E-state index in [1.807, 2.05) is 13.0 Å². The molecule has 2 aliphatic carbocycles. The van der Waals surface area contributed by atoms with Gasteiger partial charge in [0.1, 0.15) is 5.76 Å².